The Kier molecular flexibility index (Phi) is 4.22. The van der Waals surface area contributed by atoms with Gasteiger partial charge in [-0.25, -0.2) is 9.23 Å². The normalized spacial score (nSPS) is 15.0. The third kappa shape index (κ3) is 2.75. The number of rotatable bonds is 5. The molecule has 0 saturated carbocycles. The van der Waals surface area contributed by atoms with Gasteiger partial charge in [-0.2, -0.15) is 0 Å². The molecule has 0 fully saturated rings. The summed E-state index contributed by atoms with van der Waals surface area (Å²) < 4.78 is 13.2. The Labute approximate surface area is 130 Å². The quantitative estimate of drug-likeness (QED) is 0.482. The van der Waals surface area contributed by atoms with Crippen LogP contribution in [0.1, 0.15) is 20.7 Å². The number of alkyl halides is 1. The Morgan fingerprint density at radius 1 is 0.955 bits per heavy atom. The average Bonchev–Trinajstić information content (AvgIpc) is 2.80. The van der Waals surface area contributed by atoms with Crippen molar-refractivity contribution in [3.8, 4) is 0 Å². The first-order chi connectivity index (χ1) is 10.7. The molecule has 1 aliphatic rings. The number of fused-ring (bicyclic) bond motifs is 1. The van der Waals surface area contributed by atoms with Crippen molar-refractivity contribution in [1.29, 1.82) is 0 Å². The fourth-order valence-corrected chi connectivity index (χ4v) is 2.92. The Morgan fingerprint density at radius 2 is 1.50 bits per heavy atom. The van der Waals surface area contributed by atoms with E-state index in [0.717, 1.165) is 16.7 Å². The second kappa shape index (κ2) is 6.29. The van der Waals surface area contributed by atoms with E-state index >= 15 is 0 Å². The molecule has 3 rings (SSSR count). The second-order valence-corrected chi connectivity index (χ2v) is 5.80. The van der Waals surface area contributed by atoms with Crippen LogP contribution in [0, 0.1) is 0 Å². The number of carbonyl (C=O) groups is 2. The smallest absolute Gasteiger partial charge is 0.266 e. The molecule has 0 N–H and O–H groups in total. The summed E-state index contributed by atoms with van der Waals surface area (Å²) in [5.74, 6) is -1.12. The average molecular weight is 317 g/mol. The number of halogens is 1. The predicted molar refractivity (Wildman–Crippen MR) is 80.1 cm³/mol. The molecule has 6 heteroatoms. The minimum atomic E-state index is -0.968. The summed E-state index contributed by atoms with van der Waals surface area (Å²) >= 11 is 1.12. The summed E-state index contributed by atoms with van der Waals surface area (Å²) in [6, 6.07) is 15.5. The fraction of sp³-hybridized carbons (Fsp3) is 0.125. The highest BCUT2D eigenvalue weighted by Crippen LogP contribution is 2.29. The fourth-order valence-electron chi connectivity index (χ4n) is 2.11. The Hall–Kier alpha value is -2.18. The van der Waals surface area contributed by atoms with Crippen LogP contribution in [0.5, 0.6) is 0 Å². The summed E-state index contributed by atoms with van der Waals surface area (Å²) in [5, 5.41) is 0.644. The molecule has 2 amide bonds. The first-order valence-electron chi connectivity index (χ1n) is 6.63. The molecule has 22 heavy (non-hydrogen) atoms. The van der Waals surface area contributed by atoms with E-state index in [1.54, 1.807) is 36.4 Å². The summed E-state index contributed by atoms with van der Waals surface area (Å²) in [7, 11) is 0. The van der Waals surface area contributed by atoms with E-state index < -0.39 is 23.9 Å². The van der Waals surface area contributed by atoms with E-state index in [1.165, 1.54) is 0 Å². The highest BCUT2D eigenvalue weighted by Gasteiger charge is 2.38. The van der Waals surface area contributed by atoms with Gasteiger partial charge in [0.25, 0.3) is 11.8 Å². The number of imide groups is 1. The van der Waals surface area contributed by atoms with Crippen LogP contribution in [0.2, 0.25) is 0 Å². The topological polar surface area (TPSA) is 46.6 Å². The number of nitrogens with zero attached hydrogens (tertiary/aromatic N) is 1. The van der Waals surface area contributed by atoms with Crippen LogP contribution in [-0.4, -0.2) is 29.0 Å². The molecule has 2 aromatic rings. The van der Waals surface area contributed by atoms with Gasteiger partial charge in [0, 0.05) is 4.90 Å². The van der Waals surface area contributed by atoms with Gasteiger partial charge in [-0.15, -0.1) is 5.06 Å². The maximum atomic E-state index is 13.2. The summed E-state index contributed by atoms with van der Waals surface area (Å²) in [5.41, 5.74) is -0.422. The van der Waals surface area contributed by atoms with Crippen molar-refractivity contribution in [3.63, 3.8) is 0 Å². The Morgan fingerprint density at radius 3 is 2.05 bits per heavy atom. The standard InChI is InChI=1S/C16H12FNO3S/c17-10-14(22-11-6-2-1-3-7-11)21-18-15(19)12-8-4-5-9-13(12)16(18)20/h1-9,14H,10H2. The van der Waals surface area contributed by atoms with Gasteiger partial charge in [-0.05, 0) is 24.3 Å². The van der Waals surface area contributed by atoms with E-state index in [-0.39, 0.29) is 11.1 Å². The van der Waals surface area contributed by atoms with Crippen molar-refractivity contribution in [3.05, 3.63) is 65.7 Å². The van der Waals surface area contributed by atoms with Gasteiger partial charge < -0.3 is 0 Å². The Bertz CT molecular complexity index is 673. The van der Waals surface area contributed by atoms with E-state index in [9.17, 15) is 14.0 Å². The monoisotopic (exact) mass is 317 g/mol. The number of hydrogen-bond donors (Lipinski definition) is 0. The zero-order valence-corrected chi connectivity index (χ0v) is 12.3. The maximum Gasteiger partial charge on any atom is 0.285 e. The molecule has 0 aliphatic carbocycles. The van der Waals surface area contributed by atoms with Crippen molar-refractivity contribution in [2.75, 3.05) is 6.67 Å². The van der Waals surface area contributed by atoms with E-state index in [2.05, 4.69) is 0 Å². The number of thioether (sulfide) groups is 1. The number of amides is 2. The van der Waals surface area contributed by atoms with Gasteiger partial charge in [0.05, 0.1) is 11.1 Å². The Balaban J connectivity index is 1.75. The predicted octanol–water partition coefficient (Wildman–Crippen LogP) is 3.30. The molecular formula is C16H12FNO3S. The molecule has 0 aromatic heterocycles. The highest BCUT2D eigenvalue weighted by molar-refractivity contribution is 7.99. The lowest BCUT2D eigenvalue weighted by Crippen LogP contribution is -2.34. The molecular weight excluding hydrogens is 305 g/mol. The molecule has 0 bridgehead atoms. The van der Waals surface area contributed by atoms with Gasteiger partial charge in [-0.1, -0.05) is 42.1 Å². The maximum absolute atomic E-state index is 13.2. The molecule has 0 saturated heterocycles. The zero-order chi connectivity index (χ0) is 15.5. The van der Waals surface area contributed by atoms with Crippen molar-refractivity contribution in [2.24, 2.45) is 0 Å². The number of benzene rings is 2. The van der Waals surface area contributed by atoms with E-state index in [0.29, 0.717) is 5.06 Å². The summed E-state index contributed by atoms with van der Waals surface area (Å²) in [6.07, 6.45) is 0. The SMILES string of the molecule is O=C1c2ccccc2C(=O)N1OC(CF)Sc1ccccc1. The molecule has 2 aromatic carbocycles. The number of carbonyl (C=O) groups excluding carboxylic acids is 2. The first-order valence-corrected chi connectivity index (χ1v) is 7.51. The van der Waals surface area contributed by atoms with Crippen molar-refractivity contribution < 1.29 is 18.8 Å². The zero-order valence-electron chi connectivity index (χ0n) is 11.4. The van der Waals surface area contributed by atoms with E-state index in [1.807, 2.05) is 18.2 Å². The van der Waals surface area contributed by atoms with Gasteiger partial charge in [-0.3, -0.25) is 9.59 Å². The van der Waals surface area contributed by atoms with Gasteiger partial charge >= 0.3 is 0 Å². The lowest BCUT2D eigenvalue weighted by molar-refractivity contribution is -0.107. The lowest BCUT2D eigenvalue weighted by Gasteiger charge is -2.19. The number of hydrogen-bond acceptors (Lipinski definition) is 4. The molecule has 0 radical (unpaired) electrons. The van der Waals surface area contributed by atoms with E-state index in [4.69, 9.17) is 4.84 Å². The van der Waals surface area contributed by atoms with Crippen molar-refractivity contribution >= 4 is 23.6 Å². The molecule has 112 valence electrons. The van der Waals surface area contributed by atoms with Crippen LogP contribution in [0.15, 0.2) is 59.5 Å². The molecule has 1 aliphatic heterocycles. The van der Waals surface area contributed by atoms with Crippen LogP contribution in [0.3, 0.4) is 0 Å². The van der Waals surface area contributed by atoms with Crippen LogP contribution >= 0.6 is 11.8 Å². The van der Waals surface area contributed by atoms with Gasteiger partial charge in [0.15, 0.2) is 5.44 Å². The third-order valence-corrected chi connectivity index (χ3v) is 4.14. The largest absolute Gasteiger partial charge is 0.285 e. The first kappa shape index (κ1) is 14.7. The third-order valence-electron chi connectivity index (χ3n) is 3.12. The highest BCUT2D eigenvalue weighted by atomic mass is 32.2. The summed E-state index contributed by atoms with van der Waals surface area (Å²) in [6.45, 7) is -0.826. The molecule has 0 spiro atoms. The second-order valence-electron chi connectivity index (χ2n) is 4.57. The van der Waals surface area contributed by atoms with Crippen molar-refractivity contribution in [2.45, 2.75) is 10.3 Å². The van der Waals surface area contributed by atoms with Gasteiger partial charge in [0.2, 0.25) is 0 Å². The number of hydroxylamine groups is 2. The van der Waals surface area contributed by atoms with Crippen LogP contribution < -0.4 is 0 Å². The van der Waals surface area contributed by atoms with Crippen LogP contribution in [-0.2, 0) is 4.84 Å². The lowest BCUT2D eigenvalue weighted by atomic mass is 10.1. The molecule has 1 heterocycles. The summed E-state index contributed by atoms with van der Waals surface area (Å²) in [4.78, 5) is 30.4. The van der Waals surface area contributed by atoms with Crippen LogP contribution in [0.4, 0.5) is 4.39 Å². The van der Waals surface area contributed by atoms with Gasteiger partial charge in [0.1, 0.15) is 6.67 Å². The molecule has 4 nitrogen and oxygen atoms in total. The van der Waals surface area contributed by atoms with Crippen LogP contribution in [0.25, 0.3) is 0 Å². The minimum Gasteiger partial charge on any atom is -0.266 e. The van der Waals surface area contributed by atoms with Crippen molar-refractivity contribution in [1.82, 2.24) is 5.06 Å². The molecule has 1 atom stereocenters. The molecule has 1 unspecified atom stereocenters. The minimum absolute atomic E-state index is 0.273.